The summed E-state index contributed by atoms with van der Waals surface area (Å²) in [7, 11) is 3.95. The number of aliphatic imine (C=N–C) groups is 1. The van der Waals surface area contributed by atoms with Crippen LogP contribution in [0.4, 0.5) is 0 Å². The number of benzene rings is 2. The Kier molecular flexibility index (Phi) is 5.70. The maximum absolute atomic E-state index is 5.46. The highest BCUT2D eigenvalue weighted by atomic mass is 16.5. The molecule has 0 aromatic heterocycles. The highest BCUT2D eigenvalue weighted by Crippen LogP contribution is 2.18. The number of guanidine groups is 1. The van der Waals surface area contributed by atoms with Crippen LogP contribution in [-0.4, -0.2) is 51.3 Å². The molecule has 3 rings (SSSR count). The molecule has 0 bridgehead atoms. The van der Waals surface area contributed by atoms with Gasteiger partial charge in [-0.25, -0.2) is 0 Å². The van der Waals surface area contributed by atoms with Crippen molar-refractivity contribution >= 4 is 16.7 Å². The molecule has 1 aliphatic rings. The molecule has 0 aliphatic carbocycles. The molecule has 0 radical (unpaired) electrons. The Bertz CT molecular complexity index is 687. The molecule has 1 unspecified atom stereocenters. The first-order valence-electron chi connectivity index (χ1n) is 8.74. The van der Waals surface area contributed by atoms with Crippen molar-refractivity contribution in [2.75, 3.05) is 40.4 Å². The third-order valence-electron chi connectivity index (χ3n) is 4.69. The van der Waals surface area contributed by atoms with E-state index in [1.807, 2.05) is 7.05 Å². The number of hydrogen-bond donors (Lipinski definition) is 1. The topological polar surface area (TPSA) is 36.9 Å². The SMILES string of the molecule is CN=C(NCCc1cccc2ccccc12)N(C)CC1CCOC1. The van der Waals surface area contributed by atoms with Crippen molar-refractivity contribution in [3.05, 3.63) is 48.0 Å². The second-order valence-electron chi connectivity index (χ2n) is 6.47. The van der Waals surface area contributed by atoms with Crippen LogP contribution in [0, 0.1) is 5.92 Å². The lowest BCUT2D eigenvalue weighted by Gasteiger charge is -2.24. The molecule has 4 heteroatoms. The van der Waals surface area contributed by atoms with E-state index in [0.29, 0.717) is 5.92 Å². The molecule has 2 aromatic rings. The second kappa shape index (κ2) is 8.15. The van der Waals surface area contributed by atoms with E-state index >= 15 is 0 Å². The van der Waals surface area contributed by atoms with E-state index in [0.717, 1.165) is 45.1 Å². The maximum Gasteiger partial charge on any atom is 0.193 e. The van der Waals surface area contributed by atoms with Gasteiger partial charge in [0, 0.05) is 39.7 Å². The Balaban J connectivity index is 1.55. The minimum absolute atomic E-state index is 0.617. The fourth-order valence-corrected chi connectivity index (χ4v) is 3.41. The van der Waals surface area contributed by atoms with Crippen LogP contribution < -0.4 is 5.32 Å². The fraction of sp³-hybridized carbons (Fsp3) is 0.450. The van der Waals surface area contributed by atoms with E-state index in [4.69, 9.17) is 4.74 Å². The van der Waals surface area contributed by atoms with Gasteiger partial charge >= 0.3 is 0 Å². The van der Waals surface area contributed by atoms with Crippen molar-refractivity contribution < 1.29 is 4.74 Å². The monoisotopic (exact) mass is 325 g/mol. The molecule has 0 amide bonds. The number of hydrogen-bond acceptors (Lipinski definition) is 2. The number of nitrogens with one attached hydrogen (secondary N) is 1. The summed E-state index contributed by atoms with van der Waals surface area (Å²) < 4.78 is 5.46. The van der Waals surface area contributed by atoms with E-state index in [2.05, 4.69) is 64.7 Å². The first kappa shape index (κ1) is 16.8. The zero-order valence-electron chi connectivity index (χ0n) is 14.7. The van der Waals surface area contributed by atoms with Crippen LogP contribution >= 0.6 is 0 Å². The molecule has 4 nitrogen and oxygen atoms in total. The summed E-state index contributed by atoms with van der Waals surface area (Å²) in [6.45, 7) is 3.64. The van der Waals surface area contributed by atoms with Gasteiger partial charge in [0.15, 0.2) is 5.96 Å². The fourth-order valence-electron chi connectivity index (χ4n) is 3.41. The third kappa shape index (κ3) is 4.06. The van der Waals surface area contributed by atoms with Crippen molar-refractivity contribution in [1.82, 2.24) is 10.2 Å². The van der Waals surface area contributed by atoms with Crippen LogP contribution in [0.1, 0.15) is 12.0 Å². The minimum Gasteiger partial charge on any atom is -0.381 e. The zero-order valence-corrected chi connectivity index (χ0v) is 14.7. The van der Waals surface area contributed by atoms with Crippen LogP contribution in [0.25, 0.3) is 10.8 Å². The zero-order chi connectivity index (χ0) is 16.8. The molecule has 1 atom stereocenters. The van der Waals surface area contributed by atoms with Gasteiger partial charge in [-0.15, -0.1) is 0 Å². The van der Waals surface area contributed by atoms with E-state index in [9.17, 15) is 0 Å². The number of nitrogens with zero attached hydrogens (tertiary/aromatic N) is 2. The molecule has 1 heterocycles. The van der Waals surface area contributed by atoms with Gasteiger partial charge in [-0.1, -0.05) is 42.5 Å². The summed E-state index contributed by atoms with van der Waals surface area (Å²) in [6, 6.07) is 15.1. The summed E-state index contributed by atoms with van der Waals surface area (Å²) in [5.41, 5.74) is 1.38. The van der Waals surface area contributed by atoms with Crippen molar-refractivity contribution in [3.63, 3.8) is 0 Å². The minimum atomic E-state index is 0.617. The van der Waals surface area contributed by atoms with Crippen LogP contribution in [0.15, 0.2) is 47.5 Å². The van der Waals surface area contributed by atoms with Crippen LogP contribution in [0.2, 0.25) is 0 Å². The van der Waals surface area contributed by atoms with E-state index < -0.39 is 0 Å². The van der Waals surface area contributed by atoms with Crippen LogP contribution in [0.3, 0.4) is 0 Å². The van der Waals surface area contributed by atoms with Gasteiger partial charge < -0.3 is 15.0 Å². The summed E-state index contributed by atoms with van der Waals surface area (Å²) in [4.78, 5) is 6.62. The van der Waals surface area contributed by atoms with Gasteiger partial charge in [-0.3, -0.25) is 4.99 Å². The molecule has 0 spiro atoms. The molecule has 128 valence electrons. The van der Waals surface area contributed by atoms with Gasteiger partial charge in [0.05, 0.1) is 6.61 Å². The van der Waals surface area contributed by atoms with E-state index in [-0.39, 0.29) is 0 Å². The molecule has 24 heavy (non-hydrogen) atoms. The first-order chi connectivity index (χ1) is 11.8. The quantitative estimate of drug-likeness (QED) is 0.678. The Morgan fingerprint density at radius 3 is 2.88 bits per heavy atom. The van der Waals surface area contributed by atoms with Gasteiger partial charge in [0.25, 0.3) is 0 Å². The standard InChI is InChI=1S/C20H27N3O/c1-21-20(23(2)14-16-11-13-24-15-16)22-12-10-18-8-5-7-17-6-3-4-9-19(17)18/h3-9,16H,10-15H2,1-2H3,(H,21,22). The number of ether oxygens (including phenoxy) is 1. The average molecular weight is 325 g/mol. The van der Waals surface area contributed by atoms with Crippen molar-refractivity contribution in [3.8, 4) is 0 Å². The average Bonchev–Trinajstić information content (AvgIpc) is 3.11. The number of fused-ring (bicyclic) bond motifs is 1. The maximum atomic E-state index is 5.46. The highest BCUT2D eigenvalue weighted by molar-refractivity contribution is 5.85. The third-order valence-corrected chi connectivity index (χ3v) is 4.69. The predicted octanol–water partition coefficient (Wildman–Crippen LogP) is 2.93. The molecule has 0 saturated carbocycles. The molecule has 1 aliphatic heterocycles. The largest absolute Gasteiger partial charge is 0.381 e. The molecular formula is C20H27N3O. The molecular weight excluding hydrogens is 298 g/mol. The summed E-state index contributed by atoms with van der Waals surface area (Å²) in [6.07, 6.45) is 2.14. The Morgan fingerprint density at radius 1 is 1.25 bits per heavy atom. The van der Waals surface area contributed by atoms with Crippen molar-refractivity contribution in [2.24, 2.45) is 10.9 Å². The van der Waals surface area contributed by atoms with E-state index in [1.165, 1.54) is 16.3 Å². The van der Waals surface area contributed by atoms with Gasteiger partial charge in [0.1, 0.15) is 0 Å². The lowest BCUT2D eigenvalue weighted by atomic mass is 10.0. The highest BCUT2D eigenvalue weighted by Gasteiger charge is 2.18. The van der Waals surface area contributed by atoms with Gasteiger partial charge in [-0.05, 0) is 29.2 Å². The van der Waals surface area contributed by atoms with Crippen molar-refractivity contribution in [2.45, 2.75) is 12.8 Å². The van der Waals surface area contributed by atoms with Crippen LogP contribution in [0.5, 0.6) is 0 Å². The van der Waals surface area contributed by atoms with Crippen LogP contribution in [-0.2, 0) is 11.2 Å². The Labute approximate surface area is 144 Å². The van der Waals surface area contributed by atoms with Crippen molar-refractivity contribution in [1.29, 1.82) is 0 Å². The lowest BCUT2D eigenvalue weighted by Crippen LogP contribution is -2.42. The molecule has 1 saturated heterocycles. The number of rotatable bonds is 5. The summed E-state index contributed by atoms with van der Waals surface area (Å²) in [5.74, 6) is 1.58. The van der Waals surface area contributed by atoms with E-state index in [1.54, 1.807) is 0 Å². The van der Waals surface area contributed by atoms with Gasteiger partial charge in [-0.2, -0.15) is 0 Å². The lowest BCUT2D eigenvalue weighted by molar-refractivity contribution is 0.181. The Morgan fingerprint density at radius 2 is 2.08 bits per heavy atom. The Hall–Kier alpha value is -2.07. The normalized spacial score (nSPS) is 18.1. The smallest absolute Gasteiger partial charge is 0.193 e. The molecule has 1 N–H and O–H groups in total. The molecule has 1 fully saturated rings. The summed E-state index contributed by atoms with van der Waals surface area (Å²) in [5, 5.41) is 6.14. The predicted molar refractivity (Wildman–Crippen MR) is 101 cm³/mol. The van der Waals surface area contributed by atoms with Gasteiger partial charge in [0.2, 0.25) is 0 Å². The summed E-state index contributed by atoms with van der Waals surface area (Å²) >= 11 is 0. The second-order valence-corrected chi connectivity index (χ2v) is 6.47. The molecule has 2 aromatic carbocycles. The first-order valence-corrected chi connectivity index (χ1v) is 8.74.